The zero-order valence-corrected chi connectivity index (χ0v) is 10.9. The first-order valence-corrected chi connectivity index (χ1v) is 6.32. The Morgan fingerprint density at radius 3 is 2.80 bits per heavy atom. The van der Waals surface area contributed by atoms with Crippen molar-refractivity contribution in [3.05, 3.63) is 30.1 Å². The minimum Gasteiger partial charge on any atom is -0.395 e. The number of urea groups is 1. The Morgan fingerprint density at radius 1 is 1.35 bits per heavy atom. The highest BCUT2D eigenvalue weighted by Gasteiger charge is 2.31. The average molecular weight is 281 g/mol. The van der Waals surface area contributed by atoms with Crippen LogP contribution in [0.5, 0.6) is 0 Å². The second-order valence-corrected chi connectivity index (χ2v) is 4.38. The number of rotatable bonds is 5. The lowest BCUT2D eigenvalue weighted by atomic mass is 10.3. The van der Waals surface area contributed by atoms with Crippen molar-refractivity contribution in [3.8, 4) is 0 Å². The highest BCUT2D eigenvalue weighted by Crippen LogP contribution is 2.22. The highest BCUT2D eigenvalue weighted by molar-refractivity contribution is 5.96. The van der Waals surface area contributed by atoms with Crippen molar-refractivity contribution in [2.45, 2.75) is 0 Å². The Hall–Kier alpha value is -2.15. The van der Waals surface area contributed by atoms with E-state index in [9.17, 15) is 14.0 Å². The molecule has 3 amide bonds. The molecule has 0 unspecified atom stereocenters. The van der Waals surface area contributed by atoms with Gasteiger partial charge in [0.2, 0.25) is 5.91 Å². The molecule has 2 rings (SSSR count). The summed E-state index contributed by atoms with van der Waals surface area (Å²) in [6, 6.07) is 5.64. The molecule has 0 radical (unpaired) electrons. The Labute approximate surface area is 115 Å². The number of halogens is 1. The maximum atomic E-state index is 13.7. The molecule has 1 saturated heterocycles. The first-order chi connectivity index (χ1) is 9.63. The second kappa shape index (κ2) is 6.33. The predicted molar refractivity (Wildman–Crippen MR) is 70.8 cm³/mol. The molecule has 1 aliphatic rings. The van der Waals surface area contributed by atoms with Crippen molar-refractivity contribution in [2.75, 3.05) is 37.7 Å². The van der Waals surface area contributed by atoms with Gasteiger partial charge in [-0.15, -0.1) is 0 Å². The van der Waals surface area contributed by atoms with Gasteiger partial charge in [0.05, 0.1) is 12.3 Å². The molecule has 2 N–H and O–H groups in total. The van der Waals surface area contributed by atoms with E-state index in [1.807, 2.05) is 0 Å². The number of carbonyl (C=O) groups excluding carboxylic acids is 2. The van der Waals surface area contributed by atoms with Crippen LogP contribution in [0.4, 0.5) is 14.9 Å². The predicted octanol–water partition coefficient (Wildman–Crippen LogP) is 0.176. The fourth-order valence-electron chi connectivity index (χ4n) is 2.05. The smallest absolute Gasteiger partial charge is 0.325 e. The first kappa shape index (κ1) is 14.3. The molecule has 20 heavy (non-hydrogen) atoms. The van der Waals surface area contributed by atoms with Crippen molar-refractivity contribution < 1.29 is 19.1 Å². The number of amides is 3. The van der Waals surface area contributed by atoms with Crippen LogP contribution in [0.25, 0.3) is 0 Å². The summed E-state index contributed by atoms with van der Waals surface area (Å²) >= 11 is 0. The molecule has 1 aromatic carbocycles. The van der Waals surface area contributed by atoms with E-state index in [-0.39, 0.29) is 31.3 Å². The van der Waals surface area contributed by atoms with Gasteiger partial charge >= 0.3 is 6.03 Å². The van der Waals surface area contributed by atoms with Crippen molar-refractivity contribution in [1.29, 1.82) is 0 Å². The molecule has 0 aromatic heterocycles. The van der Waals surface area contributed by atoms with Gasteiger partial charge in [0, 0.05) is 19.6 Å². The van der Waals surface area contributed by atoms with Crippen LogP contribution in [-0.2, 0) is 4.79 Å². The number of anilines is 1. The third kappa shape index (κ3) is 3.05. The van der Waals surface area contributed by atoms with Crippen molar-refractivity contribution >= 4 is 17.6 Å². The minimum absolute atomic E-state index is 0.0935. The van der Waals surface area contributed by atoms with Crippen molar-refractivity contribution in [1.82, 2.24) is 10.2 Å². The Morgan fingerprint density at radius 2 is 2.10 bits per heavy atom. The number of hydrogen-bond donors (Lipinski definition) is 2. The van der Waals surface area contributed by atoms with Crippen LogP contribution in [0.1, 0.15) is 0 Å². The molecule has 1 aromatic rings. The van der Waals surface area contributed by atoms with E-state index >= 15 is 0 Å². The van der Waals surface area contributed by atoms with Crippen LogP contribution in [0.2, 0.25) is 0 Å². The number of hydrogen-bond acceptors (Lipinski definition) is 3. The summed E-state index contributed by atoms with van der Waals surface area (Å²) in [5.41, 5.74) is 0.218. The van der Waals surface area contributed by atoms with Gasteiger partial charge < -0.3 is 15.3 Å². The van der Waals surface area contributed by atoms with Gasteiger partial charge in [0.15, 0.2) is 0 Å². The molecule has 7 heteroatoms. The summed E-state index contributed by atoms with van der Waals surface area (Å²) in [7, 11) is 0. The van der Waals surface area contributed by atoms with E-state index in [1.54, 1.807) is 12.1 Å². The highest BCUT2D eigenvalue weighted by atomic mass is 19.1. The van der Waals surface area contributed by atoms with Crippen LogP contribution < -0.4 is 10.2 Å². The maximum Gasteiger partial charge on any atom is 0.325 e. The van der Waals surface area contributed by atoms with Crippen LogP contribution >= 0.6 is 0 Å². The fraction of sp³-hybridized carbons (Fsp3) is 0.385. The van der Waals surface area contributed by atoms with Gasteiger partial charge in [-0.3, -0.25) is 9.69 Å². The van der Waals surface area contributed by atoms with Crippen LogP contribution in [0, 0.1) is 5.82 Å². The topological polar surface area (TPSA) is 72.9 Å². The first-order valence-electron chi connectivity index (χ1n) is 6.32. The Balaban J connectivity index is 1.99. The van der Waals surface area contributed by atoms with E-state index < -0.39 is 11.8 Å². The maximum absolute atomic E-state index is 13.7. The molecule has 108 valence electrons. The van der Waals surface area contributed by atoms with Gasteiger partial charge in [-0.25, -0.2) is 9.18 Å². The zero-order valence-electron chi connectivity index (χ0n) is 10.9. The van der Waals surface area contributed by atoms with E-state index in [1.165, 1.54) is 21.9 Å². The monoisotopic (exact) mass is 281 g/mol. The summed E-state index contributed by atoms with van der Waals surface area (Å²) in [5.74, 6) is -0.810. The average Bonchev–Trinajstić information content (AvgIpc) is 2.79. The van der Waals surface area contributed by atoms with Gasteiger partial charge in [-0.1, -0.05) is 12.1 Å². The molecular weight excluding hydrogens is 265 g/mol. The number of nitrogens with one attached hydrogen (secondary N) is 1. The molecule has 1 heterocycles. The molecule has 1 aliphatic heterocycles. The lowest BCUT2D eigenvalue weighted by molar-refractivity contribution is -0.121. The van der Waals surface area contributed by atoms with Crippen molar-refractivity contribution in [2.24, 2.45) is 0 Å². The molecule has 0 atom stereocenters. The van der Waals surface area contributed by atoms with Crippen LogP contribution in [0.3, 0.4) is 0 Å². The third-order valence-corrected chi connectivity index (χ3v) is 3.01. The molecule has 1 fully saturated rings. The van der Waals surface area contributed by atoms with E-state index in [0.717, 1.165) is 0 Å². The molecule has 0 spiro atoms. The largest absolute Gasteiger partial charge is 0.395 e. The third-order valence-electron chi connectivity index (χ3n) is 3.01. The molecular formula is C13H16FN3O3. The van der Waals surface area contributed by atoms with E-state index in [0.29, 0.717) is 13.1 Å². The number of para-hydroxylation sites is 1. The number of nitrogens with zero attached hydrogens (tertiary/aromatic N) is 2. The Bertz CT molecular complexity index is 509. The van der Waals surface area contributed by atoms with Gasteiger partial charge in [0.1, 0.15) is 12.4 Å². The van der Waals surface area contributed by atoms with Gasteiger partial charge in [-0.2, -0.15) is 0 Å². The summed E-state index contributed by atoms with van der Waals surface area (Å²) in [6.45, 7) is 0.607. The number of aliphatic hydroxyl groups excluding tert-OH is 1. The van der Waals surface area contributed by atoms with E-state index in [4.69, 9.17) is 5.11 Å². The van der Waals surface area contributed by atoms with Crippen LogP contribution in [-0.4, -0.2) is 54.7 Å². The summed E-state index contributed by atoms with van der Waals surface area (Å²) in [4.78, 5) is 26.3. The van der Waals surface area contributed by atoms with Gasteiger partial charge in [0.25, 0.3) is 0 Å². The fourth-order valence-corrected chi connectivity index (χ4v) is 2.05. The summed E-state index contributed by atoms with van der Waals surface area (Å²) in [6.07, 6.45) is 0. The standard InChI is InChI=1S/C13H16FN3O3/c14-10-3-1-2-4-11(10)17-7-6-16(13(17)20)9-12(19)15-5-8-18/h1-4,18H,5-9H2,(H,15,19). The van der Waals surface area contributed by atoms with Crippen LogP contribution in [0.15, 0.2) is 24.3 Å². The normalized spacial score (nSPS) is 14.8. The van der Waals surface area contributed by atoms with Gasteiger partial charge in [-0.05, 0) is 12.1 Å². The summed E-state index contributed by atoms with van der Waals surface area (Å²) in [5, 5.41) is 11.1. The molecule has 0 saturated carbocycles. The number of carbonyl (C=O) groups is 2. The minimum atomic E-state index is -0.465. The lowest BCUT2D eigenvalue weighted by Gasteiger charge is -2.18. The SMILES string of the molecule is O=C(CN1CCN(c2ccccc2F)C1=O)NCCO. The summed E-state index contributed by atoms with van der Waals surface area (Å²) < 4.78 is 13.7. The Kier molecular flexibility index (Phi) is 4.52. The lowest BCUT2D eigenvalue weighted by Crippen LogP contribution is -2.40. The van der Waals surface area contributed by atoms with E-state index in [2.05, 4.69) is 5.32 Å². The quantitative estimate of drug-likeness (QED) is 0.808. The molecule has 6 nitrogen and oxygen atoms in total. The molecule has 0 aliphatic carbocycles. The zero-order chi connectivity index (χ0) is 14.5. The molecule has 0 bridgehead atoms. The second-order valence-electron chi connectivity index (χ2n) is 4.38. The number of benzene rings is 1. The number of aliphatic hydroxyl groups is 1. The van der Waals surface area contributed by atoms with Crippen molar-refractivity contribution in [3.63, 3.8) is 0 Å².